The molecule has 0 aliphatic carbocycles. The van der Waals surface area contributed by atoms with Crippen molar-refractivity contribution in [2.45, 2.75) is 12.8 Å². The Bertz CT molecular complexity index is 1070. The van der Waals surface area contributed by atoms with Gasteiger partial charge in [0.25, 0.3) is 0 Å². The molecule has 3 heterocycles. The molecule has 9 heteroatoms. The molecule has 0 aliphatic heterocycles. The number of furan rings is 1. The molecule has 9 nitrogen and oxygen atoms in total. The number of hydrogen-bond donors (Lipinski definition) is 2. The van der Waals surface area contributed by atoms with E-state index in [1.54, 1.807) is 30.3 Å². The van der Waals surface area contributed by atoms with Crippen LogP contribution < -0.4 is 11.1 Å². The van der Waals surface area contributed by atoms with E-state index < -0.39 is 5.76 Å². The van der Waals surface area contributed by atoms with Crippen molar-refractivity contribution in [3.63, 3.8) is 0 Å². The molecule has 1 amide bonds. The van der Waals surface area contributed by atoms with Crippen molar-refractivity contribution < 1.29 is 18.2 Å². The van der Waals surface area contributed by atoms with E-state index in [1.807, 2.05) is 0 Å². The summed E-state index contributed by atoms with van der Waals surface area (Å²) in [6.07, 6.45) is 1.98. The largest absolute Gasteiger partial charge is 0.461 e. The van der Waals surface area contributed by atoms with Crippen molar-refractivity contribution in [2.24, 2.45) is 0 Å². The maximum atomic E-state index is 12.0. The molecule has 0 saturated carbocycles. The van der Waals surface area contributed by atoms with Crippen molar-refractivity contribution >= 4 is 22.7 Å². The van der Waals surface area contributed by atoms with Crippen LogP contribution >= 0.6 is 0 Å². The maximum Gasteiger partial charge on any atom is 0.417 e. The van der Waals surface area contributed by atoms with Crippen molar-refractivity contribution in [2.75, 3.05) is 5.32 Å². The van der Waals surface area contributed by atoms with Gasteiger partial charge in [0.15, 0.2) is 11.3 Å². The van der Waals surface area contributed by atoms with Crippen molar-refractivity contribution in [1.82, 2.24) is 15.1 Å². The first kappa shape index (κ1) is 14.9. The molecule has 3 aromatic heterocycles. The third-order valence-electron chi connectivity index (χ3n) is 3.48. The van der Waals surface area contributed by atoms with Crippen LogP contribution in [0.25, 0.3) is 22.7 Å². The van der Waals surface area contributed by atoms with E-state index in [9.17, 15) is 9.59 Å². The van der Waals surface area contributed by atoms with Gasteiger partial charge in [-0.05, 0) is 30.3 Å². The van der Waals surface area contributed by atoms with Crippen LogP contribution in [0.1, 0.15) is 12.3 Å². The molecule has 0 saturated heterocycles. The van der Waals surface area contributed by atoms with Crippen LogP contribution in [0.5, 0.6) is 0 Å². The van der Waals surface area contributed by atoms with Gasteiger partial charge < -0.3 is 18.7 Å². The second kappa shape index (κ2) is 6.11. The molecule has 126 valence electrons. The van der Waals surface area contributed by atoms with Crippen LogP contribution in [-0.4, -0.2) is 21.0 Å². The predicted octanol–water partition coefficient (Wildman–Crippen LogP) is 2.34. The minimum Gasteiger partial charge on any atom is -0.461 e. The summed E-state index contributed by atoms with van der Waals surface area (Å²) in [6, 6.07) is 8.33. The Balaban J connectivity index is 1.37. The SMILES string of the molecule is O=C(CCc1nc(-c2ccco2)no1)Nc1ccc2oc(=O)[nH]c2c1. The number of nitrogens with one attached hydrogen (secondary N) is 2. The predicted molar refractivity (Wildman–Crippen MR) is 85.8 cm³/mol. The first-order valence-electron chi connectivity index (χ1n) is 7.46. The summed E-state index contributed by atoms with van der Waals surface area (Å²) in [6.45, 7) is 0. The van der Waals surface area contributed by atoms with Crippen LogP contribution in [0, 0.1) is 0 Å². The standard InChI is InChI=1S/C16H12N4O5/c21-13(17-9-3-4-11-10(8-9)18-16(22)24-11)5-6-14-19-15(20-25-14)12-2-1-7-23-12/h1-4,7-8H,5-6H2,(H,17,21)(H,18,22). The third-order valence-corrected chi connectivity index (χ3v) is 3.48. The first-order valence-corrected chi connectivity index (χ1v) is 7.46. The van der Waals surface area contributed by atoms with Crippen LogP contribution in [-0.2, 0) is 11.2 Å². The number of anilines is 1. The summed E-state index contributed by atoms with van der Waals surface area (Å²) >= 11 is 0. The van der Waals surface area contributed by atoms with Crippen LogP contribution in [0.4, 0.5) is 5.69 Å². The number of fused-ring (bicyclic) bond motifs is 1. The Hall–Kier alpha value is -3.62. The van der Waals surface area contributed by atoms with E-state index in [0.717, 1.165) is 0 Å². The molecule has 2 N–H and O–H groups in total. The highest BCUT2D eigenvalue weighted by Crippen LogP contribution is 2.18. The lowest BCUT2D eigenvalue weighted by Gasteiger charge is -2.03. The molecular weight excluding hydrogens is 328 g/mol. The first-order chi connectivity index (χ1) is 12.2. The Labute approximate surface area is 139 Å². The van der Waals surface area contributed by atoms with Gasteiger partial charge in [-0.15, -0.1) is 0 Å². The minimum atomic E-state index is -0.540. The molecule has 4 aromatic rings. The summed E-state index contributed by atoms with van der Waals surface area (Å²) in [5.41, 5.74) is 1.50. The molecule has 0 bridgehead atoms. The topological polar surface area (TPSA) is 127 Å². The highest BCUT2D eigenvalue weighted by Gasteiger charge is 2.12. The third kappa shape index (κ3) is 3.20. The number of amides is 1. The highest BCUT2D eigenvalue weighted by atomic mass is 16.5. The molecular formula is C16H12N4O5. The molecule has 0 aliphatic rings. The average molecular weight is 340 g/mol. The fraction of sp³-hybridized carbons (Fsp3) is 0.125. The summed E-state index contributed by atoms with van der Waals surface area (Å²) in [7, 11) is 0. The zero-order valence-corrected chi connectivity index (χ0v) is 12.8. The number of hydrogen-bond acceptors (Lipinski definition) is 7. The number of aromatic nitrogens is 3. The number of aryl methyl sites for hydroxylation is 1. The molecule has 0 radical (unpaired) electrons. The molecule has 4 rings (SSSR count). The van der Waals surface area contributed by atoms with E-state index >= 15 is 0 Å². The van der Waals surface area contributed by atoms with Gasteiger partial charge in [-0.1, -0.05) is 5.16 Å². The van der Waals surface area contributed by atoms with E-state index in [-0.39, 0.29) is 12.3 Å². The lowest BCUT2D eigenvalue weighted by atomic mass is 10.2. The van der Waals surface area contributed by atoms with Crippen molar-refractivity contribution in [3.05, 3.63) is 53.0 Å². The van der Waals surface area contributed by atoms with E-state index in [1.165, 1.54) is 6.26 Å². The number of aromatic amines is 1. The maximum absolute atomic E-state index is 12.0. The summed E-state index contributed by atoms with van der Waals surface area (Å²) < 4.78 is 15.2. The molecule has 0 spiro atoms. The van der Waals surface area contributed by atoms with Gasteiger partial charge in [0.1, 0.15) is 0 Å². The van der Waals surface area contributed by atoms with Crippen molar-refractivity contribution in [3.8, 4) is 11.6 Å². The normalized spacial score (nSPS) is 11.0. The molecule has 1 aromatic carbocycles. The zero-order chi connectivity index (χ0) is 17.2. The summed E-state index contributed by atoms with van der Waals surface area (Å²) in [5.74, 6) is 0.429. The Morgan fingerprint density at radius 3 is 3.04 bits per heavy atom. The van der Waals surface area contributed by atoms with Gasteiger partial charge >= 0.3 is 5.76 Å². The van der Waals surface area contributed by atoms with Crippen LogP contribution in [0.3, 0.4) is 0 Å². The molecule has 25 heavy (non-hydrogen) atoms. The fourth-order valence-corrected chi connectivity index (χ4v) is 2.34. The second-order valence-electron chi connectivity index (χ2n) is 5.26. The van der Waals surface area contributed by atoms with Crippen LogP contribution in [0.2, 0.25) is 0 Å². The lowest BCUT2D eigenvalue weighted by Crippen LogP contribution is -2.12. The Morgan fingerprint density at radius 1 is 1.28 bits per heavy atom. The zero-order valence-electron chi connectivity index (χ0n) is 12.8. The number of nitrogens with zero attached hydrogens (tertiary/aromatic N) is 2. The van der Waals surface area contributed by atoms with Gasteiger partial charge in [-0.25, -0.2) is 4.79 Å². The number of H-pyrrole nitrogens is 1. The minimum absolute atomic E-state index is 0.166. The highest BCUT2D eigenvalue weighted by molar-refractivity contribution is 5.92. The quantitative estimate of drug-likeness (QED) is 0.570. The average Bonchev–Trinajstić information content (AvgIpc) is 3.32. The monoisotopic (exact) mass is 340 g/mol. The van der Waals surface area contributed by atoms with E-state index in [2.05, 4.69) is 20.4 Å². The van der Waals surface area contributed by atoms with Gasteiger partial charge in [-0.2, -0.15) is 4.98 Å². The van der Waals surface area contributed by atoms with E-state index in [4.69, 9.17) is 13.4 Å². The van der Waals surface area contributed by atoms with Gasteiger partial charge in [-0.3, -0.25) is 9.78 Å². The Morgan fingerprint density at radius 2 is 2.20 bits per heavy atom. The van der Waals surface area contributed by atoms with Gasteiger partial charge in [0.2, 0.25) is 17.6 Å². The van der Waals surface area contributed by atoms with Crippen LogP contribution in [0.15, 0.2) is 54.7 Å². The smallest absolute Gasteiger partial charge is 0.417 e. The van der Waals surface area contributed by atoms with Crippen molar-refractivity contribution in [1.29, 1.82) is 0 Å². The summed E-state index contributed by atoms with van der Waals surface area (Å²) in [5, 5.41) is 6.54. The van der Waals surface area contributed by atoms with E-state index in [0.29, 0.717) is 40.7 Å². The van der Waals surface area contributed by atoms with Gasteiger partial charge in [0, 0.05) is 18.5 Å². The fourth-order valence-electron chi connectivity index (χ4n) is 2.34. The molecule has 0 fully saturated rings. The molecule has 0 atom stereocenters. The number of carbonyl (C=O) groups excluding carboxylic acids is 1. The summed E-state index contributed by atoms with van der Waals surface area (Å²) in [4.78, 5) is 29.9. The van der Waals surface area contributed by atoms with Gasteiger partial charge in [0.05, 0.1) is 11.8 Å². The Kier molecular flexibility index (Phi) is 3.65. The number of benzene rings is 1. The lowest BCUT2D eigenvalue weighted by molar-refractivity contribution is -0.116. The number of carbonyl (C=O) groups is 1. The number of rotatable bonds is 5. The second-order valence-corrected chi connectivity index (χ2v) is 5.26. The number of oxazole rings is 1. The molecule has 0 unspecified atom stereocenters.